The Hall–Kier alpha value is -4.88. The summed E-state index contributed by atoms with van der Waals surface area (Å²) in [6.45, 7) is 5.57. The number of phenolic OH excluding ortho intramolecular Hbond substituents is 2. The summed E-state index contributed by atoms with van der Waals surface area (Å²) >= 11 is 1.48. The van der Waals surface area contributed by atoms with Crippen LogP contribution in [-0.4, -0.2) is 97.0 Å². The highest BCUT2D eigenvalue weighted by Gasteiger charge is 2.64. The number of likely N-dealkylation sites (N-methyl/N-ethyl adjacent to an activating group) is 1. The fourth-order valence-corrected chi connectivity index (χ4v) is 12.0. The molecule has 0 aliphatic carbocycles. The predicted octanol–water partition coefficient (Wildman–Crippen LogP) is 3.99. The Morgan fingerprint density at radius 2 is 1.84 bits per heavy atom. The Balaban J connectivity index is 1.35. The van der Waals surface area contributed by atoms with Crippen LogP contribution < -0.4 is 29.0 Å². The average Bonchev–Trinajstić information content (AvgIpc) is 3.56. The number of ether oxygens (including phenoxy) is 6. The number of rotatable bonds is 3. The summed E-state index contributed by atoms with van der Waals surface area (Å²) in [4.78, 5) is 32.1. The number of nitrogens with zero attached hydrogens (tertiary/aromatic N) is 3. The summed E-state index contributed by atoms with van der Waals surface area (Å²) in [6.07, 6.45) is 0.835. The molecule has 0 radical (unpaired) electrons. The number of hydrogen-bond acceptors (Lipinski definition) is 15. The van der Waals surface area contributed by atoms with E-state index in [-0.39, 0.29) is 42.8 Å². The molecule has 3 N–H and O–H groups in total. The number of thioether (sulfide) groups is 1. The van der Waals surface area contributed by atoms with Gasteiger partial charge in [-0.1, -0.05) is 6.07 Å². The molecule has 3 aromatic rings. The zero-order valence-corrected chi connectivity index (χ0v) is 32.2. The summed E-state index contributed by atoms with van der Waals surface area (Å²) in [5.74, 6) is 0.921. The maximum atomic E-state index is 14.8. The second-order valence-electron chi connectivity index (χ2n) is 15.3. The number of nitriles is 1. The number of benzene rings is 3. The van der Waals surface area contributed by atoms with Crippen LogP contribution in [0.5, 0.6) is 40.2 Å². The van der Waals surface area contributed by atoms with E-state index in [0.717, 1.165) is 16.7 Å². The number of hydrogen-bond donors (Lipinski definition) is 3. The van der Waals surface area contributed by atoms with Gasteiger partial charge in [-0.25, -0.2) is 4.79 Å². The zero-order valence-electron chi connectivity index (χ0n) is 31.4. The highest BCUT2D eigenvalue weighted by atomic mass is 32.2. The van der Waals surface area contributed by atoms with Crippen molar-refractivity contribution in [1.29, 1.82) is 5.26 Å². The number of piperazine rings is 1. The molecule has 2 fully saturated rings. The van der Waals surface area contributed by atoms with Crippen LogP contribution in [0.15, 0.2) is 18.2 Å². The molecule has 8 aliphatic heterocycles. The van der Waals surface area contributed by atoms with E-state index >= 15 is 0 Å². The maximum absolute atomic E-state index is 14.8. The van der Waals surface area contributed by atoms with E-state index in [1.165, 1.54) is 32.9 Å². The van der Waals surface area contributed by atoms with Gasteiger partial charge in [-0.2, -0.15) is 5.26 Å². The van der Waals surface area contributed by atoms with Crippen molar-refractivity contribution < 1.29 is 48.2 Å². The van der Waals surface area contributed by atoms with Crippen molar-refractivity contribution in [2.75, 3.05) is 53.5 Å². The van der Waals surface area contributed by atoms with Crippen molar-refractivity contribution in [3.8, 4) is 46.3 Å². The minimum absolute atomic E-state index is 0.0166. The van der Waals surface area contributed by atoms with Gasteiger partial charge in [0.25, 0.3) is 0 Å². The lowest BCUT2D eigenvalue weighted by Gasteiger charge is -2.60. The highest BCUT2D eigenvalue weighted by Crippen LogP contribution is 2.65. The Kier molecular flexibility index (Phi) is 8.18. The van der Waals surface area contributed by atoms with E-state index in [1.54, 1.807) is 12.1 Å². The lowest BCUT2D eigenvalue weighted by molar-refractivity contribution is -0.158. The lowest BCUT2D eigenvalue weighted by Crippen LogP contribution is -2.69. The first-order valence-corrected chi connectivity index (χ1v) is 19.3. The third-order valence-corrected chi connectivity index (χ3v) is 13.8. The lowest BCUT2D eigenvalue weighted by atomic mass is 9.76. The molecular weight excluding hydrogens is 729 g/mol. The van der Waals surface area contributed by atoms with Gasteiger partial charge < -0.3 is 38.6 Å². The first kappa shape index (κ1) is 35.8. The number of aryl methyl sites for hydroxylation is 1. The Labute approximate surface area is 322 Å². The van der Waals surface area contributed by atoms with Crippen molar-refractivity contribution >= 4 is 23.7 Å². The Morgan fingerprint density at radius 3 is 2.56 bits per heavy atom. The minimum atomic E-state index is -1.36. The summed E-state index contributed by atoms with van der Waals surface area (Å²) in [5, 5.41) is 37.2. The molecular formula is C40H42N4O10S. The van der Waals surface area contributed by atoms with Gasteiger partial charge in [-0.15, -0.1) is 11.8 Å². The molecule has 15 heteroatoms. The second-order valence-corrected chi connectivity index (χ2v) is 16.4. The van der Waals surface area contributed by atoms with E-state index in [1.807, 2.05) is 27.0 Å². The number of esters is 2. The number of methoxy groups -OCH3 is 2. The number of phenols is 2. The SMILES string of the molecule is COc1cc2c(cc1O)CCN[C@]21CS[C@@H]2c3c(OC(C)=O)c(C)c4c(c3[C@H](COC1=O)N1C2[C@H]2c3c(cc(C)c(OC)c3O)C[C@]1(C#N)CN2C)OCO4. The number of fused-ring (bicyclic) bond motifs is 6. The van der Waals surface area contributed by atoms with Gasteiger partial charge in [0, 0.05) is 60.5 Å². The molecule has 1 spiro atoms. The monoisotopic (exact) mass is 770 g/mol. The first-order chi connectivity index (χ1) is 26.4. The van der Waals surface area contributed by atoms with Gasteiger partial charge in [-0.3, -0.25) is 19.9 Å². The summed E-state index contributed by atoms with van der Waals surface area (Å²) in [7, 11) is 4.95. The quantitative estimate of drug-likeness (QED) is 0.258. The third-order valence-electron chi connectivity index (χ3n) is 12.3. The largest absolute Gasteiger partial charge is 0.504 e. The van der Waals surface area contributed by atoms with Crippen molar-refractivity contribution in [3.05, 3.63) is 62.7 Å². The summed E-state index contributed by atoms with van der Waals surface area (Å²) in [6, 6.07) is 6.26. The second kappa shape index (κ2) is 12.6. The number of carbonyl (C=O) groups is 2. The van der Waals surface area contributed by atoms with E-state index in [4.69, 9.17) is 28.4 Å². The van der Waals surface area contributed by atoms with Crippen molar-refractivity contribution in [3.63, 3.8) is 0 Å². The van der Waals surface area contributed by atoms with Crippen molar-refractivity contribution in [2.45, 2.75) is 68.1 Å². The maximum Gasteiger partial charge on any atom is 0.331 e. The molecule has 288 valence electrons. The Morgan fingerprint density at radius 1 is 1.05 bits per heavy atom. The average molecular weight is 771 g/mol. The smallest absolute Gasteiger partial charge is 0.331 e. The van der Waals surface area contributed by atoms with Gasteiger partial charge in [-0.05, 0) is 61.7 Å². The molecule has 0 aromatic heterocycles. The summed E-state index contributed by atoms with van der Waals surface area (Å²) < 4.78 is 36.2. The first-order valence-electron chi connectivity index (χ1n) is 18.3. The standard InChI is InChI=1S/C40H42N4O10S/c1-18-9-22-12-39(14-41)15-43(4)30(27(22)32(47)33(18)50-6)31-37-29-28(36-35(52-17-53-36)19(2)34(29)54-20(3)45)24(44(31)39)13-51-38(48)40(16-55-37)23-11-26(49-5)25(46)10-21(23)7-8-42-40/h9-11,24,30-31,37,42,46-47H,7-8,12-13,15-17H2,1-6H3/t24-,30+,31?,37+,39-,40+/m0/s1. The van der Waals surface area contributed by atoms with E-state index in [9.17, 15) is 25.1 Å². The zero-order chi connectivity index (χ0) is 38.7. The van der Waals surface area contributed by atoms with E-state index in [2.05, 4.69) is 21.2 Å². The van der Waals surface area contributed by atoms with Crippen molar-refractivity contribution in [1.82, 2.24) is 15.1 Å². The molecule has 2 saturated heterocycles. The fraction of sp³-hybridized carbons (Fsp3) is 0.475. The van der Waals surface area contributed by atoms with Crippen LogP contribution in [0.3, 0.4) is 0 Å². The number of carbonyl (C=O) groups excluding carboxylic acids is 2. The highest BCUT2D eigenvalue weighted by molar-refractivity contribution is 7.99. The molecule has 11 rings (SSSR count). The molecule has 4 bridgehead atoms. The van der Waals surface area contributed by atoms with Gasteiger partial charge in [0.15, 0.2) is 40.0 Å². The number of aromatic hydroxyl groups is 2. The van der Waals surface area contributed by atoms with Gasteiger partial charge in [0.05, 0.1) is 37.6 Å². The summed E-state index contributed by atoms with van der Waals surface area (Å²) in [5.41, 5.74) is 3.05. The van der Waals surface area contributed by atoms with Crippen molar-refractivity contribution in [2.24, 2.45) is 0 Å². The Bertz CT molecular complexity index is 2240. The van der Waals surface area contributed by atoms with Crippen LogP contribution >= 0.6 is 11.8 Å². The fourth-order valence-electron chi connectivity index (χ4n) is 10.3. The van der Waals surface area contributed by atoms with Crippen LogP contribution in [-0.2, 0) is 32.7 Å². The molecule has 8 heterocycles. The molecule has 0 amide bonds. The molecule has 3 aromatic carbocycles. The van der Waals surface area contributed by atoms with Crippen LogP contribution in [0.1, 0.15) is 68.8 Å². The molecule has 2 unspecified atom stereocenters. The van der Waals surface area contributed by atoms with Gasteiger partial charge in [0.1, 0.15) is 17.9 Å². The molecule has 55 heavy (non-hydrogen) atoms. The normalized spacial score (nSPS) is 29.9. The number of nitrogens with one attached hydrogen (secondary N) is 1. The minimum Gasteiger partial charge on any atom is -0.504 e. The van der Waals surface area contributed by atoms with Gasteiger partial charge >= 0.3 is 11.9 Å². The van der Waals surface area contributed by atoms with Gasteiger partial charge in [0.2, 0.25) is 6.79 Å². The van der Waals surface area contributed by atoms with Crippen LogP contribution in [0.25, 0.3) is 0 Å². The third kappa shape index (κ3) is 4.84. The predicted molar refractivity (Wildman–Crippen MR) is 198 cm³/mol. The molecule has 7 atom stereocenters. The molecule has 0 saturated carbocycles. The van der Waals surface area contributed by atoms with E-state index in [0.29, 0.717) is 70.3 Å². The molecule has 8 aliphatic rings. The topological polar surface area (TPSA) is 172 Å². The molecule has 14 nitrogen and oxygen atoms in total. The van der Waals surface area contributed by atoms with E-state index < -0.39 is 46.4 Å². The van der Waals surface area contributed by atoms with Crippen LogP contribution in [0, 0.1) is 25.2 Å². The van der Waals surface area contributed by atoms with Crippen LogP contribution in [0.4, 0.5) is 0 Å². The van der Waals surface area contributed by atoms with Crippen LogP contribution in [0.2, 0.25) is 0 Å².